The van der Waals surface area contributed by atoms with Crippen molar-refractivity contribution >= 4 is 16.8 Å². The van der Waals surface area contributed by atoms with Crippen LogP contribution in [0, 0.1) is 0 Å². The smallest absolute Gasteiger partial charge is 0.253 e. The fraction of sp³-hybridized carbons (Fsp3) is 0.471. The van der Waals surface area contributed by atoms with Crippen molar-refractivity contribution in [2.75, 3.05) is 33.4 Å². The van der Waals surface area contributed by atoms with Gasteiger partial charge in [-0.05, 0) is 37.1 Å². The van der Waals surface area contributed by atoms with Crippen molar-refractivity contribution in [1.29, 1.82) is 0 Å². The number of hydrogen-bond donors (Lipinski definition) is 1. The number of carbonyl (C=O) groups excluding carboxylic acids is 1. The van der Waals surface area contributed by atoms with Gasteiger partial charge in [0.15, 0.2) is 0 Å². The number of nitrogens with one attached hydrogen (secondary N) is 1. The maximum atomic E-state index is 12.6. The Morgan fingerprint density at radius 1 is 1.27 bits per heavy atom. The Labute approximate surface area is 130 Å². The molecule has 1 aromatic carbocycles. The van der Waals surface area contributed by atoms with Gasteiger partial charge in [-0.3, -0.25) is 4.79 Å². The third-order valence-electron chi connectivity index (χ3n) is 4.17. The summed E-state index contributed by atoms with van der Waals surface area (Å²) in [5.41, 5.74) is 1.81. The summed E-state index contributed by atoms with van der Waals surface area (Å²) < 4.78 is 10.7. The number of piperidine rings is 1. The molecule has 1 aromatic heterocycles. The van der Waals surface area contributed by atoms with E-state index >= 15 is 0 Å². The molecule has 1 saturated heterocycles. The summed E-state index contributed by atoms with van der Waals surface area (Å²) in [4.78, 5) is 17.7. The van der Waals surface area contributed by atoms with Crippen molar-refractivity contribution in [3.8, 4) is 0 Å². The molecule has 1 fully saturated rings. The van der Waals surface area contributed by atoms with Gasteiger partial charge >= 0.3 is 0 Å². The number of benzene rings is 1. The number of H-pyrrole nitrogens is 1. The first kappa shape index (κ1) is 15.1. The van der Waals surface area contributed by atoms with E-state index in [1.165, 1.54) is 0 Å². The molecule has 0 unspecified atom stereocenters. The summed E-state index contributed by atoms with van der Waals surface area (Å²) in [5.74, 6) is 0.110. The number of methoxy groups -OCH3 is 1. The number of amides is 1. The molecule has 1 aliphatic rings. The predicted molar refractivity (Wildman–Crippen MR) is 85.1 cm³/mol. The van der Waals surface area contributed by atoms with Gasteiger partial charge in [-0.2, -0.15) is 0 Å². The van der Waals surface area contributed by atoms with Gasteiger partial charge in [0, 0.05) is 42.9 Å². The second-order valence-corrected chi connectivity index (χ2v) is 5.63. The lowest BCUT2D eigenvalue weighted by molar-refractivity contribution is -0.0122. The molecule has 22 heavy (non-hydrogen) atoms. The van der Waals surface area contributed by atoms with Gasteiger partial charge < -0.3 is 19.4 Å². The number of ether oxygens (including phenoxy) is 2. The number of hydrogen-bond acceptors (Lipinski definition) is 3. The van der Waals surface area contributed by atoms with Crippen LogP contribution in [-0.2, 0) is 9.47 Å². The predicted octanol–water partition coefficient (Wildman–Crippen LogP) is 2.44. The van der Waals surface area contributed by atoms with Crippen LogP contribution < -0.4 is 0 Å². The lowest BCUT2D eigenvalue weighted by Gasteiger charge is -2.32. The van der Waals surface area contributed by atoms with Gasteiger partial charge in [-0.15, -0.1) is 0 Å². The van der Waals surface area contributed by atoms with Crippen LogP contribution in [0.5, 0.6) is 0 Å². The van der Waals surface area contributed by atoms with Crippen LogP contribution in [0.15, 0.2) is 30.5 Å². The molecule has 5 nitrogen and oxygen atoms in total. The minimum Gasteiger partial charge on any atom is -0.382 e. The zero-order valence-electron chi connectivity index (χ0n) is 12.9. The molecular formula is C17H22N2O3. The van der Waals surface area contributed by atoms with Crippen LogP contribution in [0.4, 0.5) is 0 Å². The zero-order valence-corrected chi connectivity index (χ0v) is 12.9. The normalized spacial score (nSPS) is 16.3. The summed E-state index contributed by atoms with van der Waals surface area (Å²) in [7, 11) is 1.67. The van der Waals surface area contributed by atoms with Crippen molar-refractivity contribution in [2.45, 2.75) is 18.9 Å². The van der Waals surface area contributed by atoms with Gasteiger partial charge in [0.2, 0.25) is 0 Å². The highest BCUT2D eigenvalue weighted by Crippen LogP contribution is 2.19. The first-order chi connectivity index (χ1) is 10.8. The van der Waals surface area contributed by atoms with E-state index in [0.717, 1.165) is 42.4 Å². The second kappa shape index (κ2) is 6.94. The Hall–Kier alpha value is -1.85. The Bertz CT molecular complexity index is 630. The highest BCUT2D eigenvalue weighted by Gasteiger charge is 2.24. The second-order valence-electron chi connectivity index (χ2n) is 5.63. The van der Waals surface area contributed by atoms with Crippen LogP contribution in [0.2, 0.25) is 0 Å². The number of aromatic nitrogens is 1. The molecule has 3 rings (SSSR count). The number of carbonyl (C=O) groups is 1. The van der Waals surface area contributed by atoms with Crippen LogP contribution in [0.3, 0.4) is 0 Å². The van der Waals surface area contributed by atoms with Crippen molar-refractivity contribution < 1.29 is 14.3 Å². The Kier molecular flexibility index (Phi) is 4.75. The third kappa shape index (κ3) is 3.31. The van der Waals surface area contributed by atoms with Crippen LogP contribution >= 0.6 is 0 Å². The molecule has 0 saturated carbocycles. The van der Waals surface area contributed by atoms with Crippen molar-refractivity contribution in [2.24, 2.45) is 0 Å². The van der Waals surface area contributed by atoms with Gasteiger partial charge in [0.25, 0.3) is 5.91 Å². The number of fused-ring (bicyclic) bond motifs is 1. The summed E-state index contributed by atoms with van der Waals surface area (Å²) in [6.45, 7) is 2.75. The van der Waals surface area contributed by atoms with E-state index in [2.05, 4.69) is 4.98 Å². The van der Waals surface area contributed by atoms with E-state index in [4.69, 9.17) is 9.47 Å². The van der Waals surface area contributed by atoms with Crippen molar-refractivity contribution in [3.63, 3.8) is 0 Å². The Balaban J connectivity index is 1.57. The topological polar surface area (TPSA) is 54.6 Å². The molecule has 0 spiro atoms. The van der Waals surface area contributed by atoms with E-state index in [0.29, 0.717) is 13.2 Å². The van der Waals surface area contributed by atoms with Crippen LogP contribution in [-0.4, -0.2) is 55.3 Å². The third-order valence-corrected chi connectivity index (χ3v) is 4.17. The van der Waals surface area contributed by atoms with Crippen LogP contribution in [0.1, 0.15) is 23.2 Å². The fourth-order valence-corrected chi connectivity index (χ4v) is 2.89. The zero-order chi connectivity index (χ0) is 15.4. The van der Waals surface area contributed by atoms with Crippen LogP contribution in [0.25, 0.3) is 10.9 Å². The van der Waals surface area contributed by atoms with Crippen molar-refractivity contribution in [1.82, 2.24) is 9.88 Å². The van der Waals surface area contributed by atoms with Crippen molar-refractivity contribution in [3.05, 3.63) is 36.0 Å². The van der Waals surface area contributed by atoms with Gasteiger partial charge in [-0.1, -0.05) is 0 Å². The molecule has 1 aliphatic heterocycles. The van der Waals surface area contributed by atoms with Gasteiger partial charge in [-0.25, -0.2) is 0 Å². The number of likely N-dealkylation sites (tertiary alicyclic amines) is 1. The molecule has 0 bridgehead atoms. The number of nitrogens with zero attached hydrogens (tertiary/aromatic N) is 1. The average Bonchev–Trinajstić information content (AvgIpc) is 3.02. The standard InChI is InChI=1S/C17H22N2O3/c1-21-10-11-22-15-5-8-19(9-6-15)17(20)14-2-3-16-13(12-14)4-7-18-16/h2-4,7,12,15,18H,5-6,8-11H2,1H3. The molecule has 0 atom stereocenters. The molecule has 1 amide bonds. The monoisotopic (exact) mass is 302 g/mol. The lowest BCUT2D eigenvalue weighted by Crippen LogP contribution is -2.41. The molecule has 2 aromatic rings. The highest BCUT2D eigenvalue weighted by molar-refractivity contribution is 5.98. The minimum absolute atomic E-state index is 0.110. The van der Waals surface area contributed by atoms with E-state index in [1.807, 2.05) is 35.4 Å². The summed E-state index contributed by atoms with van der Waals surface area (Å²) >= 11 is 0. The summed E-state index contributed by atoms with van der Waals surface area (Å²) in [6, 6.07) is 7.79. The summed E-state index contributed by atoms with van der Waals surface area (Å²) in [5, 5.41) is 1.07. The van der Waals surface area contributed by atoms with Gasteiger partial charge in [0.05, 0.1) is 19.3 Å². The first-order valence-electron chi connectivity index (χ1n) is 7.75. The highest BCUT2D eigenvalue weighted by atomic mass is 16.5. The largest absolute Gasteiger partial charge is 0.382 e. The van der Waals surface area contributed by atoms with E-state index in [1.54, 1.807) is 7.11 Å². The SMILES string of the molecule is COCCOC1CCN(C(=O)c2ccc3[nH]ccc3c2)CC1. The molecule has 118 valence electrons. The number of aromatic amines is 1. The Morgan fingerprint density at radius 2 is 2.09 bits per heavy atom. The quantitative estimate of drug-likeness (QED) is 0.863. The maximum absolute atomic E-state index is 12.6. The first-order valence-corrected chi connectivity index (χ1v) is 7.75. The average molecular weight is 302 g/mol. The molecule has 0 radical (unpaired) electrons. The minimum atomic E-state index is 0.110. The van der Waals surface area contributed by atoms with Gasteiger partial charge in [0.1, 0.15) is 0 Å². The van der Waals surface area contributed by atoms with E-state index in [-0.39, 0.29) is 12.0 Å². The maximum Gasteiger partial charge on any atom is 0.253 e. The molecular weight excluding hydrogens is 280 g/mol. The molecule has 5 heteroatoms. The molecule has 0 aliphatic carbocycles. The van der Waals surface area contributed by atoms with E-state index < -0.39 is 0 Å². The lowest BCUT2D eigenvalue weighted by atomic mass is 10.1. The number of rotatable bonds is 5. The fourth-order valence-electron chi connectivity index (χ4n) is 2.89. The molecule has 1 N–H and O–H groups in total. The molecule has 2 heterocycles. The van der Waals surface area contributed by atoms with E-state index in [9.17, 15) is 4.79 Å². The summed E-state index contributed by atoms with van der Waals surface area (Å²) in [6.07, 6.45) is 3.91. The Morgan fingerprint density at radius 3 is 2.86 bits per heavy atom.